The maximum atomic E-state index is 12.6. The number of aryl methyl sites for hydroxylation is 2. The Kier molecular flexibility index (Phi) is 3.63. The smallest absolute Gasteiger partial charge is 0.335 e. The molecule has 1 aliphatic rings. The highest BCUT2D eigenvalue weighted by atomic mass is 16.4. The summed E-state index contributed by atoms with van der Waals surface area (Å²) in [5.41, 5.74) is 4.65. The second-order valence-corrected chi connectivity index (χ2v) is 5.59. The molecule has 0 heterocycles. The fraction of sp³-hybridized carbons (Fsp3) is 0.158. The van der Waals surface area contributed by atoms with Crippen molar-refractivity contribution in [2.75, 3.05) is 0 Å². The molecule has 2 aromatic carbocycles. The zero-order chi connectivity index (χ0) is 15.7. The largest absolute Gasteiger partial charge is 0.478 e. The van der Waals surface area contributed by atoms with Crippen molar-refractivity contribution in [3.8, 4) is 0 Å². The maximum absolute atomic E-state index is 12.6. The zero-order valence-electron chi connectivity index (χ0n) is 12.3. The molecular weight excluding hydrogens is 276 g/mol. The quantitative estimate of drug-likeness (QED) is 0.854. The lowest BCUT2D eigenvalue weighted by molar-refractivity contribution is 0.0696. The van der Waals surface area contributed by atoms with Crippen LogP contribution in [0, 0.1) is 6.92 Å². The van der Waals surface area contributed by atoms with Crippen molar-refractivity contribution in [3.63, 3.8) is 0 Å². The van der Waals surface area contributed by atoms with Crippen LogP contribution in [0.2, 0.25) is 0 Å². The van der Waals surface area contributed by atoms with Crippen molar-refractivity contribution < 1.29 is 14.7 Å². The van der Waals surface area contributed by atoms with E-state index < -0.39 is 5.97 Å². The van der Waals surface area contributed by atoms with Crippen LogP contribution in [0.1, 0.15) is 43.8 Å². The van der Waals surface area contributed by atoms with Crippen LogP contribution in [0.5, 0.6) is 0 Å². The van der Waals surface area contributed by atoms with Gasteiger partial charge in [-0.25, -0.2) is 4.79 Å². The van der Waals surface area contributed by atoms with Crippen molar-refractivity contribution in [2.24, 2.45) is 0 Å². The van der Waals surface area contributed by atoms with Crippen molar-refractivity contribution in [1.82, 2.24) is 0 Å². The number of fused-ring (bicyclic) bond motifs is 1. The Morgan fingerprint density at radius 3 is 2.50 bits per heavy atom. The highest BCUT2D eigenvalue weighted by Gasteiger charge is 2.22. The summed E-state index contributed by atoms with van der Waals surface area (Å²) in [6.45, 7) is 2.03. The number of benzene rings is 2. The first-order chi connectivity index (χ1) is 10.5. The number of Topliss-reactive ketones (excluding diaryl/α,β-unsaturated/α-hetero) is 1. The summed E-state index contributed by atoms with van der Waals surface area (Å²) >= 11 is 0. The highest BCUT2D eigenvalue weighted by Crippen LogP contribution is 2.27. The van der Waals surface area contributed by atoms with Gasteiger partial charge in [0.25, 0.3) is 0 Å². The Bertz CT molecular complexity index is 783. The molecule has 110 valence electrons. The van der Waals surface area contributed by atoms with Gasteiger partial charge in [-0.1, -0.05) is 29.8 Å². The SMILES string of the molecule is Cc1ccc(C=C2CCc3cc(C(=O)O)ccc3C2=O)cc1. The Labute approximate surface area is 128 Å². The van der Waals surface area contributed by atoms with Crippen molar-refractivity contribution >= 4 is 17.8 Å². The number of rotatable bonds is 2. The van der Waals surface area contributed by atoms with Gasteiger partial charge in [-0.3, -0.25) is 4.79 Å². The zero-order valence-corrected chi connectivity index (χ0v) is 12.3. The molecule has 0 unspecified atom stereocenters. The highest BCUT2D eigenvalue weighted by molar-refractivity contribution is 6.13. The van der Waals surface area contributed by atoms with Crippen LogP contribution < -0.4 is 0 Å². The van der Waals surface area contributed by atoms with E-state index in [9.17, 15) is 9.59 Å². The molecule has 0 saturated carbocycles. The molecular formula is C19H16O3. The molecule has 0 radical (unpaired) electrons. The lowest BCUT2D eigenvalue weighted by Crippen LogP contribution is -2.15. The van der Waals surface area contributed by atoms with E-state index in [-0.39, 0.29) is 11.3 Å². The average Bonchev–Trinajstić information content (AvgIpc) is 2.52. The number of carbonyl (C=O) groups excluding carboxylic acids is 1. The van der Waals surface area contributed by atoms with E-state index in [1.54, 1.807) is 12.1 Å². The molecule has 0 bridgehead atoms. The summed E-state index contributed by atoms with van der Waals surface area (Å²) in [7, 11) is 0. The van der Waals surface area contributed by atoms with Gasteiger partial charge in [0.05, 0.1) is 5.56 Å². The van der Waals surface area contributed by atoms with Gasteiger partial charge in [0.2, 0.25) is 0 Å². The molecule has 0 amide bonds. The second-order valence-electron chi connectivity index (χ2n) is 5.59. The third-order valence-corrected chi connectivity index (χ3v) is 3.97. The Morgan fingerprint density at radius 1 is 1.09 bits per heavy atom. The fourth-order valence-electron chi connectivity index (χ4n) is 2.71. The number of carboxylic acid groups (broad SMARTS) is 1. The van der Waals surface area contributed by atoms with E-state index in [4.69, 9.17) is 5.11 Å². The number of allylic oxidation sites excluding steroid dienone is 1. The summed E-state index contributed by atoms with van der Waals surface area (Å²) in [4.78, 5) is 23.6. The topological polar surface area (TPSA) is 54.4 Å². The lowest BCUT2D eigenvalue weighted by Gasteiger charge is -2.18. The van der Waals surface area contributed by atoms with Crippen LogP contribution in [-0.2, 0) is 6.42 Å². The summed E-state index contributed by atoms with van der Waals surface area (Å²) in [5.74, 6) is -0.963. The summed E-state index contributed by atoms with van der Waals surface area (Å²) in [6.07, 6.45) is 3.26. The molecule has 0 fully saturated rings. The molecule has 1 aliphatic carbocycles. The molecule has 0 atom stereocenters. The maximum Gasteiger partial charge on any atom is 0.335 e. The molecule has 3 nitrogen and oxygen atoms in total. The molecule has 0 saturated heterocycles. The Balaban J connectivity index is 1.94. The minimum Gasteiger partial charge on any atom is -0.478 e. The van der Waals surface area contributed by atoms with E-state index in [0.717, 1.165) is 16.7 Å². The minimum absolute atomic E-state index is 0.00114. The van der Waals surface area contributed by atoms with E-state index in [1.165, 1.54) is 11.6 Å². The Morgan fingerprint density at radius 2 is 1.82 bits per heavy atom. The third kappa shape index (κ3) is 2.70. The predicted octanol–water partition coefficient (Wildman–Crippen LogP) is 3.91. The first-order valence-electron chi connectivity index (χ1n) is 7.23. The van der Waals surface area contributed by atoms with E-state index in [1.807, 2.05) is 37.3 Å². The number of ketones is 1. The van der Waals surface area contributed by atoms with Gasteiger partial charge in [-0.15, -0.1) is 0 Å². The Hall–Kier alpha value is -2.68. The summed E-state index contributed by atoms with van der Waals surface area (Å²) in [6, 6.07) is 12.8. The van der Waals surface area contributed by atoms with Crippen LogP contribution >= 0.6 is 0 Å². The summed E-state index contributed by atoms with van der Waals surface area (Å²) < 4.78 is 0. The van der Waals surface area contributed by atoms with Crippen molar-refractivity contribution in [2.45, 2.75) is 19.8 Å². The molecule has 2 aromatic rings. The molecule has 0 aromatic heterocycles. The van der Waals surface area contributed by atoms with Gasteiger partial charge in [-0.2, -0.15) is 0 Å². The fourth-order valence-corrected chi connectivity index (χ4v) is 2.71. The number of hydrogen-bond donors (Lipinski definition) is 1. The number of hydrogen-bond acceptors (Lipinski definition) is 2. The van der Waals surface area contributed by atoms with Crippen LogP contribution in [0.15, 0.2) is 48.0 Å². The van der Waals surface area contributed by atoms with Gasteiger partial charge >= 0.3 is 5.97 Å². The summed E-state index contributed by atoms with van der Waals surface area (Å²) in [5, 5.41) is 9.03. The van der Waals surface area contributed by atoms with Gasteiger partial charge in [0, 0.05) is 11.1 Å². The minimum atomic E-state index is -0.962. The van der Waals surface area contributed by atoms with E-state index >= 15 is 0 Å². The molecule has 3 heteroatoms. The van der Waals surface area contributed by atoms with E-state index in [0.29, 0.717) is 18.4 Å². The van der Waals surface area contributed by atoms with Crippen LogP contribution in [0.25, 0.3) is 6.08 Å². The van der Waals surface area contributed by atoms with Crippen molar-refractivity contribution in [3.05, 3.63) is 75.9 Å². The van der Waals surface area contributed by atoms with Gasteiger partial charge in [0.15, 0.2) is 5.78 Å². The molecule has 1 N–H and O–H groups in total. The van der Waals surface area contributed by atoms with Crippen LogP contribution in [-0.4, -0.2) is 16.9 Å². The standard InChI is InChI=1S/C19H16O3/c1-12-2-4-13(5-3-12)10-15-7-6-14-11-16(19(21)22)8-9-17(14)18(15)20/h2-5,8-11H,6-7H2,1H3,(H,21,22). The molecule has 3 rings (SSSR count). The monoisotopic (exact) mass is 292 g/mol. The van der Waals surface area contributed by atoms with Gasteiger partial charge in [-0.05, 0) is 55.2 Å². The number of carbonyl (C=O) groups is 2. The first kappa shape index (κ1) is 14.3. The lowest BCUT2D eigenvalue weighted by atomic mass is 9.85. The molecule has 0 spiro atoms. The van der Waals surface area contributed by atoms with E-state index in [2.05, 4.69) is 0 Å². The van der Waals surface area contributed by atoms with Gasteiger partial charge < -0.3 is 5.11 Å². The average molecular weight is 292 g/mol. The molecule has 0 aliphatic heterocycles. The third-order valence-electron chi connectivity index (χ3n) is 3.97. The van der Waals surface area contributed by atoms with Crippen LogP contribution in [0.3, 0.4) is 0 Å². The predicted molar refractivity (Wildman–Crippen MR) is 85.2 cm³/mol. The van der Waals surface area contributed by atoms with Gasteiger partial charge in [0.1, 0.15) is 0 Å². The first-order valence-corrected chi connectivity index (χ1v) is 7.23. The number of carboxylic acids is 1. The second kappa shape index (κ2) is 5.60. The normalized spacial score (nSPS) is 15.7. The number of aromatic carboxylic acids is 1. The molecule has 22 heavy (non-hydrogen) atoms. The van der Waals surface area contributed by atoms with Crippen LogP contribution in [0.4, 0.5) is 0 Å². The van der Waals surface area contributed by atoms with Crippen molar-refractivity contribution in [1.29, 1.82) is 0 Å².